The molecular weight excluding hydrogens is 544 g/mol. The summed E-state index contributed by atoms with van der Waals surface area (Å²) in [5, 5.41) is 4.43. The smallest absolute Gasteiger partial charge is 0.259 e. The van der Waals surface area contributed by atoms with Crippen molar-refractivity contribution in [1.82, 2.24) is 0 Å². The third-order valence-electron chi connectivity index (χ3n) is 6.39. The van der Waals surface area contributed by atoms with Gasteiger partial charge in [-0.25, -0.2) is 4.99 Å². The fourth-order valence-electron chi connectivity index (χ4n) is 4.37. The molecule has 1 atom stereocenters. The summed E-state index contributed by atoms with van der Waals surface area (Å²) in [6.07, 6.45) is 4.76. The number of nitrogens with one attached hydrogen (secondary N) is 1. The number of aliphatic imine (C=N–C) groups is 1. The van der Waals surface area contributed by atoms with Crippen molar-refractivity contribution < 1.29 is 9.53 Å². The molecule has 0 saturated carbocycles. The van der Waals surface area contributed by atoms with Gasteiger partial charge in [-0.15, -0.1) is 11.3 Å². The van der Waals surface area contributed by atoms with Gasteiger partial charge in [-0.3, -0.25) is 4.79 Å². The van der Waals surface area contributed by atoms with E-state index < -0.39 is 0 Å². The van der Waals surface area contributed by atoms with Crippen LogP contribution < -0.4 is 10.1 Å². The summed E-state index contributed by atoms with van der Waals surface area (Å²) >= 11 is 11.2. The second-order valence-electron chi connectivity index (χ2n) is 9.83. The van der Waals surface area contributed by atoms with Gasteiger partial charge in [-0.05, 0) is 107 Å². The lowest BCUT2D eigenvalue weighted by Crippen LogP contribution is -2.27. The Bertz CT molecular complexity index is 1250. The van der Waals surface area contributed by atoms with Crippen LogP contribution in [-0.2, 0) is 12.8 Å². The van der Waals surface area contributed by atoms with Crippen LogP contribution in [0.25, 0.3) is 0 Å². The normalized spacial score (nSPS) is 15.8. The Morgan fingerprint density at radius 1 is 1.26 bits per heavy atom. The third-order valence-corrected chi connectivity index (χ3v) is 8.42. The lowest BCUT2D eigenvalue weighted by atomic mass is 9.72. The van der Waals surface area contributed by atoms with Crippen molar-refractivity contribution in [2.24, 2.45) is 16.3 Å². The first-order valence-electron chi connectivity index (χ1n) is 11.8. The fourth-order valence-corrected chi connectivity index (χ4v) is 6.27. The summed E-state index contributed by atoms with van der Waals surface area (Å²) in [4.78, 5) is 19.6. The van der Waals surface area contributed by atoms with Crippen LogP contribution in [0.4, 0.5) is 10.7 Å². The van der Waals surface area contributed by atoms with E-state index in [0.29, 0.717) is 28.8 Å². The molecule has 1 amide bonds. The monoisotopic (exact) mass is 572 g/mol. The van der Waals surface area contributed by atoms with Crippen LogP contribution in [0.3, 0.4) is 0 Å². The number of amides is 1. The minimum Gasteiger partial charge on any atom is -0.493 e. The number of hydrogen-bond donors (Lipinski definition) is 1. The molecule has 0 radical (unpaired) electrons. The zero-order valence-corrected chi connectivity index (χ0v) is 23.6. The summed E-state index contributed by atoms with van der Waals surface area (Å²) in [5.41, 5.74) is 3.71. The molecule has 4 nitrogen and oxygen atoms in total. The highest BCUT2D eigenvalue weighted by molar-refractivity contribution is 9.10. The Labute approximate surface area is 224 Å². The number of fused-ring (bicyclic) bond motifs is 1. The van der Waals surface area contributed by atoms with Crippen molar-refractivity contribution in [3.05, 3.63) is 73.5 Å². The molecular formula is C28H30BrClN2O2S. The van der Waals surface area contributed by atoms with Gasteiger partial charge in [0, 0.05) is 21.8 Å². The molecule has 0 unspecified atom stereocenters. The Balaban J connectivity index is 1.68. The van der Waals surface area contributed by atoms with Crippen molar-refractivity contribution >= 4 is 61.7 Å². The largest absolute Gasteiger partial charge is 0.493 e. The van der Waals surface area contributed by atoms with Gasteiger partial charge in [0.2, 0.25) is 0 Å². The topological polar surface area (TPSA) is 50.7 Å². The lowest BCUT2D eigenvalue weighted by molar-refractivity contribution is 0.102. The van der Waals surface area contributed by atoms with E-state index >= 15 is 0 Å². The molecule has 2 aromatic carbocycles. The third kappa shape index (κ3) is 6.16. The van der Waals surface area contributed by atoms with E-state index in [-0.39, 0.29) is 11.3 Å². The number of nitrogens with zero attached hydrogens (tertiary/aromatic N) is 1. The number of thiophene rings is 1. The van der Waals surface area contributed by atoms with Crippen LogP contribution in [0.2, 0.25) is 5.02 Å². The Kier molecular flexibility index (Phi) is 8.04. The van der Waals surface area contributed by atoms with E-state index in [2.05, 4.69) is 42.0 Å². The van der Waals surface area contributed by atoms with Gasteiger partial charge in [0.25, 0.3) is 5.91 Å². The van der Waals surface area contributed by atoms with Gasteiger partial charge in [-0.1, -0.05) is 32.4 Å². The summed E-state index contributed by atoms with van der Waals surface area (Å²) in [6.45, 7) is 9.46. The van der Waals surface area contributed by atoms with E-state index in [9.17, 15) is 4.79 Å². The quantitative estimate of drug-likeness (QED) is 0.300. The number of carbonyl (C=O) groups excluding carboxylic acids is 1. The molecule has 0 saturated heterocycles. The molecule has 3 aromatic rings. The molecule has 1 aliphatic carbocycles. The summed E-state index contributed by atoms with van der Waals surface area (Å²) in [6, 6.07) is 13.1. The maximum atomic E-state index is 13.5. The first-order chi connectivity index (χ1) is 16.7. The van der Waals surface area contributed by atoms with Gasteiger partial charge in [0.15, 0.2) is 0 Å². The molecule has 184 valence electrons. The van der Waals surface area contributed by atoms with E-state index in [1.165, 1.54) is 4.88 Å². The highest BCUT2D eigenvalue weighted by Crippen LogP contribution is 2.45. The van der Waals surface area contributed by atoms with Gasteiger partial charge in [0.1, 0.15) is 10.8 Å². The summed E-state index contributed by atoms with van der Waals surface area (Å²) < 4.78 is 6.49. The molecule has 0 spiro atoms. The molecule has 4 rings (SSSR count). The first-order valence-corrected chi connectivity index (χ1v) is 13.8. The highest BCUT2D eigenvalue weighted by Gasteiger charge is 2.33. The second kappa shape index (κ2) is 10.9. The highest BCUT2D eigenvalue weighted by atomic mass is 79.9. The van der Waals surface area contributed by atoms with Crippen LogP contribution in [0.1, 0.15) is 60.5 Å². The zero-order chi connectivity index (χ0) is 25.2. The van der Waals surface area contributed by atoms with Crippen molar-refractivity contribution in [2.45, 2.75) is 47.0 Å². The number of ether oxygens (including phenoxy) is 1. The van der Waals surface area contributed by atoms with Gasteiger partial charge < -0.3 is 10.1 Å². The van der Waals surface area contributed by atoms with Crippen molar-refractivity contribution in [2.75, 3.05) is 11.9 Å². The number of carbonyl (C=O) groups is 1. The van der Waals surface area contributed by atoms with Crippen molar-refractivity contribution in [3.8, 4) is 5.75 Å². The minimum absolute atomic E-state index is 0.126. The van der Waals surface area contributed by atoms with Crippen LogP contribution >= 0.6 is 38.9 Å². The number of hydrogen-bond acceptors (Lipinski definition) is 4. The average Bonchev–Trinajstić information content (AvgIpc) is 3.18. The van der Waals surface area contributed by atoms with E-state index in [0.717, 1.165) is 45.6 Å². The van der Waals surface area contributed by atoms with E-state index in [1.54, 1.807) is 23.5 Å². The fraction of sp³-hybridized carbons (Fsp3) is 0.357. The maximum absolute atomic E-state index is 13.5. The predicted molar refractivity (Wildman–Crippen MR) is 151 cm³/mol. The molecule has 1 N–H and O–H groups in total. The maximum Gasteiger partial charge on any atom is 0.259 e. The molecule has 0 bridgehead atoms. The van der Waals surface area contributed by atoms with Crippen molar-refractivity contribution in [3.63, 3.8) is 0 Å². The lowest BCUT2D eigenvalue weighted by Gasteiger charge is -2.33. The number of anilines is 1. The minimum atomic E-state index is -0.126. The summed E-state index contributed by atoms with van der Waals surface area (Å²) in [5.74, 6) is 1.26. The molecule has 0 fully saturated rings. The van der Waals surface area contributed by atoms with Crippen LogP contribution in [-0.4, -0.2) is 18.7 Å². The van der Waals surface area contributed by atoms with Crippen LogP contribution in [0, 0.1) is 11.3 Å². The predicted octanol–water partition coefficient (Wildman–Crippen LogP) is 8.72. The number of benzene rings is 2. The van der Waals surface area contributed by atoms with Crippen LogP contribution in [0.5, 0.6) is 5.75 Å². The van der Waals surface area contributed by atoms with E-state index in [4.69, 9.17) is 21.3 Å². The summed E-state index contributed by atoms with van der Waals surface area (Å²) in [7, 11) is 0. The van der Waals surface area contributed by atoms with Crippen molar-refractivity contribution in [1.29, 1.82) is 0 Å². The van der Waals surface area contributed by atoms with E-state index in [1.807, 2.05) is 43.5 Å². The Morgan fingerprint density at radius 2 is 2.00 bits per heavy atom. The Morgan fingerprint density at radius 3 is 2.66 bits per heavy atom. The molecule has 1 heterocycles. The Hall–Kier alpha value is -2.15. The first kappa shape index (κ1) is 25.9. The molecule has 7 heteroatoms. The number of rotatable bonds is 6. The molecule has 35 heavy (non-hydrogen) atoms. The van der Waals surface area contributed by atoms with Gasteiger partial charge in [0.05, 0.1) is 16.6 Å². The second-order valence-corrected chi connectivity index (χ2v) is 12.2. The molecule has 1 aromatic heterocycles. The SMILES string of the molecule is CCOc1ccc(C=Nc2sc3c(c2C(=O)Nc2ccc(Cl)cc2)CC[C@@H](C(C)(C)C)C3)cc1Br. The van der Waals surface area contributed by atoms with Gasteiger partial charge in [-0.2, -0.15) is 0 Å². The zero-order valence-electron chi connectivity index (χ0n) is 20.5. The number of halogens is 2. The molecule has 0 aliphatic heterocycles. The van der Waals surface area contributed by atoms with Gasteiger partial charge >= 0.3 is 0 Å². The molecule has 1 aliphatic rings. The standard InChI is InChI=1S/C28H30BrClN2O2S/c1-5-34-23-13-6-17(14-22(23)29)16-31-27-25(26(33)32-20-10-8-19(30)9-11-20)21-12-7-18(28(2,3)4)15-24(21)35-27/h6,8-11,13-14,16,18H,5,7,12,15H2,1-4H3,(H,32,33)/t18-/m1/s1. The average molecular weight is 574 g/mol. The van der Waals surface area contributed by atoms with Crippen LogP contribution in [0.15, 0.2) is 51.9 Å².